The van der Waals surface area contributed by atoms with E-state index < -0.39 is 11.6 Å². The van der Waals surface area contributed by atoms with E-state index in [1.807, 2.05) is 18.2 Å². The lowest BCUT2D eigenvalue weighted by molar-refractivity contribution is -0.172. The minimum Gasteiger partial charge on any atom is -0.458 e. The molecule has 33 heavy (non-hydrogen) atoms. The van der Waals surface area contributed by atoms with Crippen LogP contribution in [0.15, 0.2) is 35.1 Å². The number of aromatic nitrogens is 2. The Labute approximate surface area is 192 Å². The molecule has 0 amide bonds. The normalized spacial score (nSPS) is 19.1. The van der Waals surface area contributed by atoms with Gasteiger partial charge < -0.3 is 19.3 Å². The summed E-state index contributed by atoms with van der Waals surface area (Å²) in [5, 5.41) is 12.2. The molecule has 0 bridgehead atoms. The second-order valence-corrected chi connectivity index (χ2v) is 9.36. The first-order chi connectivity index (χ1) is 15.8. The molecule has 2 aliphatic rings. The maximum absolute atomic E-state index is 13.5. The molecule has 0 fully saturated rings. The molecule has 0 radical (unpaired) electrons. The molecule has 0 unspecified atom stereocenters. The molecule has 0 aliphatic carbocycles. The molecule has 1 atom stereocenters. The van der Waals surface area contributed by atoms with E-state index in [0.717, 1.165) is 35.1 Å². The monoisotopic (exact) mass is 447 g/mol. The molecule has 2 aromatic heterocycles. The number of fused-ring (bicyclic) bond motifs is 5. The number of benzene rings is 1. The maximum Gasteiger partial charge on any atom is 0.343 e. The first-order valence-corrected chi connectivity index (χ1v) is 11.5. The van der Waals surface area contributed by atoms with Crippen molar-refractivity contribution in [2.75, 3.05) is 13.6 Å². The number of pyridine rings is 2. The van der Waals surface area contributed by atoms with Gasteiger partial charge >= 0.3 is 5.97 Å². The number of ether oxygens (including phenoxy) is 1. The van der Waals surface area contributed by atoms with Crippen LogP contribution in [0.4, 0.5) is 0 Å². The summed E-state index contributed by atoms with van der Waals surface area (Å²) in [7, 11) is 2.12. The van der Waals surface area contributed by atoms with E-state index in [2.05, 4.69) is 31.9 Å². The topological polar surface area (TPSA) is 84.7 Å². The number of hydrogen-bond acceptors (Lipinski definition) is 6. The average molecular weight is 448 g/mol. The molecule has 1 aromatic carbocycles. The molecule has 0 saturated heterocycles. The maximum atomic E-state index is 13.5. The lowest BCUT2D eigenvalue weighted by atomic mass is 9.86. The summed E-state index contributed by atoms with van der Waals surface area (Å²) < 4.78 is 6.89. The van der Waals surface area contributed by atoms with Crippen LogP contribution in [0.5, 0.6) is 0 Å². The van der Waals surface area contributed by atoms with Crippen LogP contribution in [0.1, 0.15) is 49.4 Å². The number of carbonyl (C=O) groups is 1. The van der Waals surface area contributed by atoms with Gasteiger partial charge in [0.05, 0.1) is 29.0 Å². The highest BCUT2D eigenvalue weighted by molar-refractivity contribution is 5.89. The lowest BCUT2D eigenvalue weighted by Gasteiger charge is -2.31. The molecule has 0 spiro atoms. The van der Waals surface area contributed by atoms with Gasteiger partial charge in [0.25, 0.3) is 5.56 Å². The molecule has 7 heteroatoms. The molecule has 172 valence electrons. The summed E-state index contributed by atoms with van der Waals surface area (Å²) in [6.07, 6.45) is 0.968. The molecule has 5 rings (SSSR count). The van der Waals surface area contributed by atoms with Crippen molar-refractivity contribution in [3.8, 4) is 11.4 Å². The average Bonchev–Trinajstić information content (AvgIpc) is 3.18. The number of rotatable bonds is 5. The van der Waals surface area contributed by atoms with Crippen molar-refractivity contribution in [3.63, 3.8) is 0 Å². The molecule has 4 heterocycles. The van der Waals surface area contributed by atoms with Crippen LogP contribution in [-0.2, 0) is 34.7 Å². The predicted octanol–water partition coefficient (Wildman–Crippen LogP) is 2.96. The number of cyclic esters (lactones) is 1. The van der Waals surface area contributed by atoms with Crippen LogP contribution in [0.3, 0.4) is 0 Å². The Kier molecular flexibility index (Phi) is 5.14. The van der Waals surface area contributed by atoms with Gasteiger partial charge in [-0.25, -0.2) is 9.78 Å². The van der Waals surface area contributed by atoms with Gasteiger partial charge in [-0.2, -0.15) is 0 Å². The molecular formula is C26H29N3O4. The summed E-state index contributed by atoms with van der Waals surface area (Å²) >= 11 is 0. The van der Waals surface area contributed by atoms with Crippen LogP contribution >= 0.6 is 0 Å². The Morgan fingerprint density at radius 3 is 2.73 bits per heavy atom. The number of carbonyl (C=O) groups excluding carboxylic acids is 1. The third-order valence-corrected chi connectivity index (χ3v) is 7.31. The van der Waals surface area contributed by atoms with Crippen LogP contribution in [0, 0.1) is 0 Å². The van der Waals surface area contributed by atoms with Crippen LogP contribution in [-0.4, -0.2) is 45.2 Å². The largest absolute Gasteiger partial charge is 0.458 e. The van der Waals surface area contributed by atoms with Gasteiger partial charge in [0, 0.05) is 29.1 Å². The van der Waals surface area contributed by atoms with Gasteiger partial charge in [-0.1, -0.05) is 25.1 Å². The Morgan fingerprint density at radius 2 is 2.00 bits per heavy atom. The summed E-state index contributed by atoms with van der Waals surface area (Å²) in [6.45, 7) is 7.25. The second kappa shape index (κ2) is 7.78. The van der Waals surface area contributed by atoms with Crippen LogP contribution in [0.25, 0.3) is 22.3 Å². The molecule has 7 nitrogen and oxygen atoms in total. The number of hydrogen-bond donors (Lipinski definition) is 1. The van der Waals surface area contributed by atoms with Gasteiger partial charge in [0.15, 0.2) is 5.60 Å². The van der Waals surface area contributed by atoms with E-state index in [9.17, 15) is 14.7 Å². The van der Waals surface area contributed by atoms with Crippen molar-refractivity contribution in [3.05, 3.63) is 62.9 Å². The number of para-hydroxylation sites is 1. The van der Waals surface area contributed by atoms with E-state index in [4.69, 9.17) is 9.72 Å². The minimum atomic E-state index is -1.81. The highest BCUT2D eigenvalue weighted by Gasteiger charge is 2.45. The zero-order valence-electron chi connectivity index (χ0n) is 19.5. The lowest BCUT2D eigenvalue weighted by Crippen LogP contribution is -2.44. The second-order valence-electron chi connectivity index (χ2n) is 9.36. The zero-order valence-corrected chi connectivity index (χ0v) is 19.5. The Hall–Kier alpha value is -3.03. The summed E-state index contributed by atoms with van der Waals surface area (Å²) in [5.74, 6) is -0.705. The summed E-state index contributed by atoms with van der Waals surface area (Å²) in [6, 6.07) is 10.3. The molecular weight excluding hydrogens is 418 g/mol. The number of likely N-dealkylation sites (N-methyl/N-ethyl adjacent to an activating group) is 1. The number of aliphatic hydroxyl groups is 1. The smallest absolute Gasteiger partial charge is 0.343 e. The Morgan fingerprint density at radius 1 is 1.24 bits per heavy atom. The van der Waals surface area contributed by atoms with Crippen molar-refractivity contribution in [1.82, 2.24) is 14.5 Å². The first-order valence-electron chi connectivity index (χ1n) is 11.5. The minimum absolute atomic E-state index is 0.118. The summed E-state index contributed by atoms with van der Waals surface area (Å²) in [4.78, 5) is 33.1. The van der Waals surface area contributed by atoms with E-state index in [1.165, 1.54) is 5.56 Å². The third kappa shape index (κ3) is 3.21. The Bertz CT molecular complexity index is 1340. The van der Waals surface area contributed by atoms with Gasteiger partial charge in [0.2, 0.25) is 0 Å². The fourth-order valence-corrected chi connectivity index (χ4v) is 4.94. The van der Waals surface area contributed by atoms with E-state index in [-0.39, 0.29) is 18.6 Å². The van der Waals surface area contributed by atoms with E-state index in [1.54, 1.807) is 17.6 Å². The number of nitrogens with zero attached hydrogens (tertiary/aromatic N) is 3. The Balaban J connectivity index is 1.72. The standard InChI is InChI=1S/C26H29N3O4/c1-5-26(32)20-12-22-23-18(13-29(22)24(30)19(20)14-33-25(26)31)16(10-11-28(4)15(2)3)17-8-6-7-9-21(17)27-23/h6-9,12,15,32H,5,10-11,13-14H2,1-4H3/t26-/m0/s1. The quantitative estimate of drug-likeness (QED) is 0.474. The molecule has 3 aromatic rings. The van der Waals surface area contributed by atoms with Crippen molar-refractivity contribution >= 4 is 16.9 Å². The number of esters is 1. The molecule has 0 saturated carbocycles. The van der Waals surface area contributed by atoms with Crippen molar-refractivity contribution in [2.45, 2.75) is 58.4 Å². The van der Waals surface area contributed by atoms with Crippen molar-refractivity contribution in [1.29, 1.82) is 0 Å². The third-order valence-electron chi connectivity index (χ3n) is 7.31. The summed E-state index contributed by atoms with van der Waals surface area (Å²) in [5.41, 5.74) is 3.18. The molecule has 1 N–H and O–H groups in total. The van der Waals surface area contributed by atoms with Crippen LogP contribution in [0.2, 0.25) is 0 Å². The molecule has 2 aliphatic heterocycles. The van der Waals surface area contributed by atoms with Gasteiger partial charge in [-0.3, -0.25) is 4.79 Å². The van der Waals surface area contributed by atoms with Crippen molar-refractivity contribution in [2.24, 2.45) is 0 Å². The highest BCUT2D eigenvalue weighted by Crippen LogP contribution is 2.40. The predicted molar refractivity (Wildman–Crippen MR) is 126 cm³/mol. The fourth-order valence-electron chi connectivity index (χ4n) is 4.94. The van der Waals surface area contributed by atoms with Gasteiger partial charge in [-0.15, -0.1) is 0 Å². The first kappa shape index (κ1) is 21.8. The fraction of sp³-hybridized carbons (Fsp3) is 0.423. The van der Waals surface area contributed by atoms with E-state index >= 15 is 0 Å². The highest BCUT2D eigenvalue weighted by atomic mass is 16.6. The SMILES string of the molecule is CC[C@@]1(O)C(=O)OCc2c1cc1n(c2=O)Cc2c-1nc1ccccc1c2CCN(C)C(C)C. The van der Waals surface area contributed by atoms with Crippen molar-refractivity contribution < 1.29 is 14.6 Å². The van der Waals surface area contributed by atoms with Crippen LogP contribution < -0.4 is 5.56 Å². The van der Waals surface area contributed by atoms with Gasteiger partial charge in [0.1, 0.15) is 6.61 Å². The zero-order chi connectivity index (χ0) is 23.5. The van der Waals surface area contributed by atoms with E-state index in [0.29, 0.717) is 29.4 Å². The van der Waals surface area contributed by atoms with Gasteiger partial charge in [-0.05, 0) is 51.4 Å².